The summed E-state index contributed by atoms with van der Waals surface area (Å²) in [6.07, 6.45) is -3.18. The summed E-state index contributed by atoms with van der Waals surface area (Å²) in [5.41, 5.74) is 2.51. The SMILES string of the molecule is FC(F)(F)Oc1ccccc1-c1ccc2nc[nH]c2c1. The molecule has 1 N–H and O–H groups in total. The van der Waals surface area contributed by atoms with E-state index in [0.29, 0.717) is 11.1 Å². The third-order valence-corrected chi connectivity index (χ3v) is 2.84. The third-order valence-electron chi connectivity index (χ3n) is 2.84. The van der Waals surface area contributed by atoms with Crippen molar-refractivity contribution in [3.63, 3.8) is 0 Å². The van der Waals surface area contributed by atoms with Crippen LogP contribution in [0.25, 0.3) is 22.2 Å². The lowest BCUT2D eigenvalue weighted by Crippen LogP contribution is -2.17. The molecule has 0 unspecified atom stereocenters. The number of aromatic amines is 1. The summed E-state index contributed by atoms with van der Waals surface area (Å²) in [6, 6.07) is 11.2. The molecule has 0 aliphatic rings. The molecule has 0 atom stereocenters. The number of aromatic nitrogens is 2. The third kappa shape index (κ3) is 2.45. The van der Waals surface area contributed by atoms with Crippen LogP contribution in [0.3, 0.4) is 0 Å². The molecule has 1 aromatic heterocycles. The van der Waals surface area contributed by atoms with Crippen LogP contribution in [-0.2, 0) is 0 Å². The first-order valence-corrected chi connectivity index (χ1v) is 5.81. The topological polar surface area (TPSA) is 37.9 Å². The maximum Gasteiger partial charge on any atom is 0.573 e. The summed E-state index contributed by atoms with van der Waals surface area (Å²) >= 11 is 0. The van der Waals surface area contributed by atoms with E-state index < -0.39 is 6.36 Å². The standard InChI is InChI=1S/C14H9F3N2O/c15-14(16,17)20-13-4-2-1-3-10(13)9-5-6-11-12(7-9)19-8-18-11/h1-8H,(H,18,19). The quantitative estimate of drug-likeness (QED) is 0.765. The van der Waals surface area contributed by atoms with Crippen LogP contribution >= 0.6 is 0 Å². The van der Waals surface area contributed by atoms with E-state index in [0.717, 1.165) is 11.0 Å². The maximum atomic E-state index is 12.4. The lowest BCUT2D eigenvalue weighted by atomic mass is 10.0. The second-order valence-corrected chi connectivity index (χ2v) is 4.18. The number of para-hydroxylation sites is 1. The molecule has 20 heavy (non-hydrogen) atoms. The number of hydrogen-bond donors (Lipinski definition) is 1. The van der Waals surface area contributed by atoms with Crippen molar-refractivity contribution in [3.8, 4) is 16.9 Å². The Morgan fingerprint density at radius 1 is 1.05 bits per heavy atom. The van der Waals surface area contributed by atoms with Crippen molar-refractivity contribution < 1.29 is 17.9 Å². The van der Waals surface area contributed by atoms with Crippen LogP contribution in [0.5, 0.6) is 5.75 Å². The van der Waals surface area contributed by atoms with Gasteiger partial charge >= 0.3 is 6.36 Å². The number of fused-ring (bicyclic) bond motifs is 1. The molecule has 0 amide bonds. The van der Waals surface area contributed by atoms with Gasteiger partial charge in [0.15, 0.2) is 0 Å². The molecule has 2 aromatic carbocycles. The molecule has 102 valence electrons. The van der Waals surface area contributed by atoms with Crippen LogP contribution in [0.2, 0.25) is 0 Å². The van der Waals surface area contributed by atoms with E-state index in [2.05, 4.69) is 14.7 Å². The molecule has 0 aliphatic carbocycles. The van der Waals surface area contributed by atoms with Crippen molar-refractivity contribution in [3.05, 3.63) is 48.8 Å². The van der Waals surface area contributed by atoms with Gasteiger partial charge in [-0.05, 0) is 23.8 Å². The number of rotatable bonds is 2. The number of ether oxygens (including phenoxy) is 1. The van der Waals surface area contributed by atoms with E-state index in [1.165, 1.54) is 18.5 Å². The van der Waals surface area contributed by atoms with Gasteiger partial charge < -0.3 is 9.72 Å². The average molecular weight is 278 g/mol. The lowest BCUT2D eigenvalue weighted by molar-refractivity contribution is -0.274. The first-order chi connectivity index (χ1) is 9.53. The maximum absolute atomic E-state index is 12.4. The number of benzene rings is 2. The monoisotopic (exact) mass is 278 g/mol. The molecule has 0 aliphatic heterocycles. The van der Waals surface area contributed by atoms with Gasteiger partial charge in [0.1, 0.15) is 5.75 Å². The zero-order valence-electron chi connectivity index (χ0n) is 10.1. The molecule has 3 nitrogen and oxygen atoms in total. The average Bonchev–Trinajstić information content (AvgIpc) is 2.84. The predicted molar refractivity (Wildman–Crippen MR) is 68.2 cm³/mol. The van der Waals surface area contributed by atoms with E-state index >= 15 is 0 Å². The number of imidazole rings is 1. The van der Waals surface area contributed by atoms with E-state index in [-0.39, 0.29) is 5.75 Å². The summed E-state index contributed by atoms with van der Waals surface area (Å²) in [7, 11) is 0. The molecule has 0 bridgehead atoms. The number of H-pyrrole nitrogens is 1. The Balaban J connectivity index is 2.08. The molecule has 6 heteroatoms. The van der Waals surface area contributed by atoms with E-state index in [1.807, 2.05) is 0 Å². The van der Waals surface area contributed by atoms with Gasteiger partial charge in [0.25, 0.3) is 0 Å². The van der Waals surface area contributed by atoms with Crippen LogP contribution in [-0.4, -0.2) is 16.3 Å². The van der Waals surface area contributed by atoms with Crippen LogP contribution < -0.4 is 4.74 Å². The minimum absolute atomic E-state index is 0.223. The van der Waals surface area contributed by atoms with E-state index in [9.17, 15) is 13.2 Å². The van der Waals surface area contributed by atoms with Crippen molar-refractivity contribution in [1.29, 1.82) is 0 Å². The Morgan fingerprint density at radius 2 is 1.85 bits per heavy atom. The smallest absolute Gasteiger partial charge is 0.405 e. The fraction of sp³-hybridized carbons (Fsp3) is 0.0714. The van der Waals surface area contributed by atoms with Gasteiger partial charge in [-0.15, -0.1) is 13.2 Å². The number of halogens is 3. The molecular formula is C14H9F3N2O. The van der Waals surface area contributed by atoms with Crippen molar-refractivity contribution in [2.24, 2.45) is 0 Å². The largest absolute Gasteiger partial charge is 0.573 e. The molecule has 3 rings (SSSR count). The molecule has 0 saturated heterocycles. The highest BCUT2D eigenvalue weighted by Gasteiger charge is 2.32. The van der Waals surface area contributed by atoms with Crippen LogP contribution in [0.15, 0.2) is 48.8 Å². The highest BCUT2D eigenvalue weighted by Crippen LogP contribution is 2.34. The first kappa shape index (κ1) is 12.5. The molecule has 1 heterocycles. The fourth-order valence-corrected chi connectivity index (χ4v) is 2.02. The zero-order chi connectivity index (χ0) is 14.2. The van der Waals surface area contributed by atoms with Gasteiger partial charge in [0.2, 0.25) is 0 Å². The highest BCUT2D eigenvalue weighted by atomic mass is 19.4. The lowest BCUT2D eigenvalue weighted by Gasteiger charge is -2.13. The number of nitrogens with zero attached hydrogens (tertiary/aromatic N) is 1. The van der Waals surface area contributed by atoms with Crippen molar-refractivity contribution in [2.75, 3.05) is 0 Å². The van der Waals surface area contributed by atoms with Gasteiger partial charge in [-0.3, -0.25) is 0 Å². The van der Waals surface area contributed by atoms with E-state index in [1.54, 1.807) is 30.3 Å². The summed E-state index contributed by atoms with van der Waals surface area (Å²) in [6.45, 7) is 0. The Hall–Kier alpha value is -2.50. The summed E-state index contributed by atoms with van der Waals surface area (Å²) < 4.78 is 41.3. The van der Waals surface area contributed by atoms with Crippen molar-refractivity contribution >= 4 is 11.0 Å². The number of alkyl halides is 3. The van der Waals surface area contributed by atoms with Crippen LogP contribution in [0.1, 0.15) is 0 Å². The fourth-order valence-electron chi connectivity index (χ4n) is 2.02. The summed E-state index contributed by atoms with van der Waals surface area (Å²) in [4.78, 5) is 6.99. The zero-order valence-corrected chi connectivity index (χ0v) is 10.1. The van der Waals surface area contributed by atoms with Gasteiger partial charge in [0, 0.05) is 5.56 Å². The molecule has 0 spiro atoms. The second-order valence-electron chi connectivity index (χ2n) is 4.18. The van der Waals surface area contributed by atoms with Crippen LogP contribution in [0.4, 0.5) is 13.2 Å². The van der Waals surface area contributed by atoms with Crippen LogP contribution in [0, 0.1) is 0 Å². The van der Waals surface area contributed by atoms with Crippen molar-refractivity contribution in [1.82, 2.24) is 9.97 Å². The Bertz CT molecular complexity index is 749. The molecule has 0 fully saturated rings. The number of hydrogen-bond acceptors (Lipinski definition) is 2. The Kier molecular flexibility index (Phi) is 2.85. The first-order valence-electron chi connectivity index (χ1n) is 5.81. The predicted octanol–water partition coefficient (Wildman–Crippen LogP) is 4.13. The molecule has 0 saturated carbocycles. The van der Waals surface area contributed by atoms with Gasteiger partial charge in [-0.25, -0.2) is 4.98 Å². The minimum atomic E-state index is -4.71. The van der Waals surface area contributed by atoms with Gasteiger partial charge in [-0.1, -0.05) is 24.3 Å². The Labute approximate surface area is 112 Å². The normalized spacial score (nSPS) is 11.8. The summed E-state index contributed by atoms with van der Waals surface area (Å²) in [5.74, 6) is -0.223. The molecule has 0 radical (unpaired) electrons. The molecular weight excluding hydrogens is 269 g/mol. The molecule has 3 aromatic rings. The van der Waals surface area contributed by atoms with Crippen molar-refractivity contribution in [2.45, 2.75) is 6.36 Å². The van der Waals surface area contributed by atoms with E-state index in [4.69, 9.17) is 0 Å². The highest BCUT2D eigenvalue weighted by molar-refractivity contribution is 5.83. The minimum Gasteiger partial charge on any atom is -0.405 e. The Morgan fingerprint density at radius 3 is 2.65 bits per heavy atom. The number of nitrogens with one attached hydrogen (secondary N) is 1. The summed E-state index contributed by atoms with van der Waals surface area (Å²) in [5, 5.41) is 0. The van der Waals surface area contributed by atoms with Gasteiger partial charge in [0.05, 0.1) is 17.4 Å². The second kappa shape index (κ2) is 4.56. The van der Waals surface area contributed by atoms with Gasteiger partial charge in [-0.2, -0.15) is 0 Å².